The summed E-state index contributed by atoms with van der Waals surface area (Å²) in [5.74, 6) is 1.84. The fraction of sp³-hybridized carbons (Fsp3) is 0.944. The van der Waals surface area contributed by atoms with Crippen LogP contribution >= 0.6 is 24.0 Å². The minimum Gasteiger partial charge on any atom is -0.381 e. The molecule has 0 amide bonds. The molecule has 2 aliphatic heterocycles. The van der Waals surface area contributed by atoms with Gasteiger partial charge in [0.25, 0.3) is 0 Å². The summed E-state index contributed by atoms with van der Waals surface area (Å²) in [5.41, 5.74) is 0.460. The number of nitrogens with zero attached hydrogens (tertiary/aromatic N) is 2. The molecule has 2 fully saturated rings. The largest absolute Gasteiger partial charge is 0.381 e. The van der Waals surface area contributed by atoms with E-state index in [2.05, 4.69) is 31.0 Å². The Hall–Kier alpha value is -0.0400. The van der Waals surface area contributed by atoms with Crippen molar-refractivity contribution >= 4 is 29.9 Å². The van der Waals surface area contributed by atoms with E-state index in [4.69, 9.17) is 9.73 Å². The maximum absolute atomic E-state index is 5.45. The highest BCUT2D eigenvalue weighted by Gasteiger charge is 2.31. The molecule has 5 heteroatoms. The van der Waals surface area contributed by atoms with Crippen LogP contribution in [0.15, 0.2) is 4.99 Å². The Morgan fingerprint density at radius 2 is 2.04 bits per heavy atom. The number of halogens is 1. The average molecular weight is 437 g/mol. The van der Waals surface area contributed by atoms with Gasteiger partial charge in [-0.3, -0.25) is 4.99 Å². The second-order valence-corrected chi connectivity index (χ2v) is 7.34. The van der Waals surface area contributed by atoms with Crippen LogP contribution in [-0.2, 0) is 4.74 Å². The Morgan fingerprint density at radius 1 is 1.30 bits per heavy atom. The number of likely N-dealkylation sites (tertiary alicyclic amines) is 1. The molecular formula is C18H36IN3O. The number of rotatable bonds is 5. The van der Waals surface area contributed by atoms with Crippen molar-refractivity contribution in [3.05, 3.63) is 0 Å². The van der Waals surface area contributed by atoms with Gasteiger partial charge < -0.3 is 15.0 Å². The van der Waals surface area contributed by atoms with Crippen LogP contribution in [0.2, 0.25) is 0 Å². The summed E-state index contributed by atoms with van der Waals surface area (Å²) in [6.07, 6.45) is 7.57. The van der Waals surface area contributed by atoms with Crippen LogP contribution in [0.4, 0.5) is 0 Å². The maximum atomic E-state index is 5.45. The number of hydrogen-bond acceptors (Lipinski definition) is 2. The van der Waals surface area contributed by atoms with Gasteiger partial charge in [0.15, 0.2) is 5.96 Å². The molecule has 0 aromatic carbocycles. The molecular weight excluding hydrogens is 401 g/mol. The maximum Gasteiger partial charge on any atom is 0.193 e. The number of aliphatic imine (C=N–C) groups is 1. The predicted octanol–water partition coefficient (Wildman–Crippen LogP) is 3.90. The number of nitrogens with one attached hydrogen (secondary N) is 1. The number of guanidine groups is 1. The zero-order chi connectivity index (χ0) is 15.8. The lowest BCUT2D eigenvalue weighted by Crippen LogP contribution is -2.50. The Balaban J connectivity index is 0.00000264. The summed E-state index contributed by atoms with van der Waals surface area (Å²) in [6, 6.07) is 0. The molecule has 0 radical (unpaired) electrons. The summed E-state index contributed by atoms with van der Waals surface area (Å²) in [7, 11) is 0. The molecule has 0 saturated carbocycles. The van der Waals surface area contributed by atoms with Gasteiger partial charge in [0.1, 0.15) is 0 Å². The SMILES string of the molecule is CCCC1(C)CCCN(C(=NCC2CCOCC2)NCC)C1.I. The molecule has 2 rings (SSSR count). The van der Waals surface area contributed by atoms with E-state index in [1.807, 2.05) is 0 Å². The van der Waals surface area contributed by atoms with Gasteiger partial charge >= 0.3 is 0 Å². The molecule has 1 N–H and O–H groups in total. The normalized spacial score (nSPS) is 26.7. The molecule has 1 unspecified atom stereocenters. The smallest absolute Gasteiger partial charge is 0.193 e. The van der Waals surface area contributed by atoms with Crippen molar-refractivity contribution in [1.29, 1.82) is 0 Å². The van der Waals surface area contributed by atoms with E-state index in [0.717, 1.165) is 58.2 Å². The zero-order valence-electron chi connectivity index (χ0n) is 15.3. The molecule has 0 aromatic heterocycles. The van der Waals surface area contributed by atoms with Crippen molar-refractivity contribution < 1.29 is 4.74 Å². The van der Waals surface area contributed by atoms with Crippen LogP contribution in [-0.4, -0.2) is 50.3 Å². The van der Waals surface area contributed by atoms with Gasteiger partial charge in [0.05, 0.1) is 0 Å². The molecule has 2 heterocycles. The van der Waals surface area contributed by atoms with Crippen LogP contribution in [0.1, 0.15) is 59.3 Å². The lowest BCUT2D eigenvalue weighted by atomic mass is 9.78. The van der Waals surface area contributed by atoms with E-state index >= 15 is 0 Å². The second-order valence-electron chi connectivity index (χ2n) is 7.34. The molecule has 2 aliphatic rings. The van der Waals surface area contributed by atoms with Crippen molar-refractivity contribution in [3.63, 3.8) is 0 Å². The van der Waals surface area contributed by atoms with E-state index < -0.39 is 0 Å². The van der Waals surface area contributed by atoms with Crippen molar-refractivity contribution in [2.75, 3.05) is 39.4 Å². The van der Waals surface area contributed by atoms with E-state index in [1.54, 1.807) is 0 Å². The third-order valence-electron chi connectivity index (χ3n) is 5.11. The minimum absolute atomic E-state index is 0. The van der Waals surface area contributed by atoms with Gasteiger partial charge in [-0.25, -0.2) is 0 Å². The van der Waals surface area contributed by atoms with Crippen LogP contribution in [0.5, 0.6) is 0 Å². The van der Waals surface area contributed by atoms with E-state index in [0.29, 0.717) is 11.3 Å². The molecule has 0 aliphatic carbocycles. The molecule has 0 aromatic rings. The van der Waals surface area contributed by atoms with Crippen molar-refractivity contribution in [2.24, 2.45) is 16.3 Å². The number of ether oxygens (including phenoxy) is 1. The molecule has 136 valence electrons. The highest BCUT2D eigenvalue weighted by molar-refractivity contribution is 14.0. The van der Waals surface area contributed by atoms with Gasteiger partial charge in [-0.15, -0.1) is 24.0 Å². The Bertz CT molecular complexity index is 354. The Kier molecular flexibility index (Phi) is 9.82. The fourth-order valence-electron chi connectivity index (χ4n) is 3.87. The van der Waals surface area contributed by atoms with Crippen molar-refractivity contribution in [3.8, 4) is 0 Å². The lowest BCUT2D eigenvalue weighted by Gasteiger charge is -2.42. The quantitative estimate of drug-likeness (QED) is 0.403. The molecule has 0 bridgehead atoms. The number of piperidine rings is 1. The highest BCUT2D eigenvalue weighted by atomic mass is 127. The van der Waals surface area contributed by atoms with Crippen molar-refractivity contribution in [1.82, 2.24) is 10.2 Å². The van der Waals surface area contributed by atoms with Crippen LogP contribution < -0.4 is 5.32 Å². The molecule has 2 saturated heterocycles. The highest BCUT2D eigenvalue weighted by Crippen LogP contribution is 2.34. The van der Waals surface area contributed by atoms with Gasteiger partial charge in [0.2, 0.25) is 0 Å². The monoisotopic (exact) mass is 437 g/mol. The predicted molar refractivity (Wildman–Crippen MR) is 109 cm³/mol. The first kappa shape index (κ1) is 21.0. The first-order chi connectivity index (χ1) is 10.7. The topological polar surface area (TPSA) is 36.9 Å². The van der Waals surface area contributed by atoms with Gasteiger partial charge in [-0.05, 0) is 50.4 Å². The number of hydrogen-bond donors (Lipinski definition) is 1. The van der Waals surface area contributed by atoms with E-state index in [9.17, 15) is 0 Å². The molecule has 4 nitrogen and oxygen atoms in total. The van der Waals surface area contributed by atoms with Gasteiger partial charge in [0, 0.05) is 39.4 Å². The second kappa shape index (κ2) is 10.7. The fourth-order valence-corrected chi connectivity index (χ4v) is 3.87. The summed E-state index contributed by atoms with van der Waals surface area (Å²) >= 11 is 0. The van der Waals surface area contributed by atoms with E-state index in [1.165, 1.54) is 25.7 Å². The van der Waals surface area contributed by atoms with Gasteiger partial charge in [-0.2, -0.15) is 0 Å². The molecule has 0 spiro atoms. The van der Waals surface area contributed by atoms with Crippen LogP contribution in [0.3, 0.4) is 0 Å². The van der Waals surface area contributed by atoms with Crippen LogP contribution in [0.25, 0.3) is 0 Å². The lowest BCUT2D eigenvalue weighted by molar-refractivity contribution is 0.0687. The van der Waals surface area contributed by atoms with Crippen LogP contribution in [0, 0.1) is 11.3 Å². The van der Waals surface area contributed by atoms with Gasteiger partial charge in [-0.1, -0.05) is 20.3 Å². The van der Waals surface area contributed by atoms with E-state index in [-0.39, 0.29) is 24.0 Å². The summed E-state index contributed by atoms with van der Waals surface area (Å²) in [5, 5.41) is 3.52. The first-order valence-electron chi connectivity index (χ1n) is 9.28. The third-order valence-corrected chi connectivity index (χ3v) is 5.11. The van der Waals surface area contributed by atoms with Crippen molar-refractivity contribution in [2.45, 2.75) is 59.3 Å². The summed E-state index contributed by atoms with van der Waals surface area (Å²) in [4.78, 5) is 7.46. The first-order valence-corrected chi connectivity index (χ1v) is 9.28. The molecule has 23 heavy (non-hydrogen) atoms. The average Bonchev–Trinajstić information content (AvgIpc) is 2.52. The minimum atomic E-state index is 0. The zero-order valence-corrected chi connectivity index (χ0v) is 17.6. The Labute approximate surface area is 159 Å². The Morgan fingerprint density at radius 3 is 2.70 bits per heavy atom. The standard InChI is InChI=1S/C18H35N3O.HI/c1-4-9-18(3)10-6-11-21(15-18)17(19-5-2)20-14-16-7-12-22-13-8-16;/h16H,4-15H2,1-3H3,(H,19,20);1H. The molecule has 1 atom stereocenters. The summed E-state index contributed by atoms with van der Waals surface area (Å²) < 4.78 is 5.45. The summed E-state index contributed by atoms with van der Waals surface area (Å²) in [6.45, 7) is 12.9. The third kappa shape index (κ3) is 6.77.